The second-order valence-electron chi connectivity index (χ2n) is 7.06. The molecule has 0 spiro atoms. The average Bonchev–Trinajstić information content (AvgIpc) is 2.64. The summed E-state index contributed by atoms with van der Waals surface area (Å²) in [5.41, 5.74) is 6.33. The molecule has 1 unspecified atom stereocenters. The number of hydrogen-bond donors (Lipinski definition) is 0. The molecule has 2 rings (SSSR count). The summed E-state index contributed by atoms with van der Waals surface area (Å²) in [7, 11) is -0.329. The summed E-state index contributed by atoms with van der Waals surface area (Å²) >= 11 is 0. The third-order valence-corrected chi connectivity index (χ3v) is 7.89. The first-order valence-electron chi connectivity index (χ1n) is 8.36. The Bertz CT molecular complexity index is 575. The third-order valence-electron chi connectivity index (χ3n) is 5.30. The lowest BCUT2D eigenvalue weighted by atomic mass is 10.0. The fourth-order valence-corrected chi connectivity index (χ4v) is 5.69. The maximum atomic E-state index is 2.40. The summed E-state index contributed by atoms with van der Waals surface area (Å²) in [5, 5.41) is 3.43. The van der Waals surface area contributed by atoms with Crippen molar-refractivity contribution in [3.8, 4) is 0 Å². The Morgan fingerprint density at radius 1 is 1.05 bits per heavy atom. The molecule has 1 aromatic rings. The lowest BCUT2D eigenvalue weighted by Crippen LogP contribution is -2.24. The van der Waals surface area contributed by atoms with E-state index in [0.29, 0.717) is 5.92 Å². The average molecular weight is 299 g/mol. The van der Waals surface area contributed by atoms with Gasteiger partial charge in [0, 0.05) is 0 Å². The zero-order valence-electron chi connectivity index (χ0n) is 14.6. The van der Waals surface area contributed by atoms with E-state index in [4.69, 9.17) is 0 Å². The van der Waals surface area contributed by atoms with Gasteiger partial charge in [0.05, 0.1) is 9.52 Å². The molecule has 0 aliphatic heterocycles. The number of hydrogen-bond acceptors (Lipinski definition) is 0. The molecule has 0 saturated carbocycles. The van der Waals surface area contributed by atoms with Gasteiger partial charge in [-0.15, -0.1) is 0 Å². The molecule has 0 radical (unpaired) electrons. The highest BCUT2D eigenvalue weighted by atomic mass is 28.2. The minimum Gasteiger partial charge on any atom is -0.0728 e. The van der Waals surface area contributed by atoms with E-state index >= 15 is 0 Å². The minimum atomic E-state index is -0.329. The van der Waals surface area contributed by atoms with E-state index < -0.39 is 0 Å². The van der Waals surface area contributed by atoms with Gasteiger partial charge in [0.2, 0.25) is 0 Å². The van der Waals surface area contributed by atoms with Gasteiger partial charge >= 0.3 is 0 Å². The van der Waals surface area contributed by atoms with Crippen molar-refractivity contribution in [3.63, 3.8) is 0 Å². The Balaban J connectivity index is 2.21. The highest BCUT2D eigenvalue weighted by molar-refractivity contribution is 6.62. The van der Waals surface area contributed by atoms with E-state index in [1.54, 1.807) is 32.7 Å². The van der Waals surface area contributed by atoms with Gasteiger partial charge in [0.15, 0.2) is 0 Å². The van der Waals surface area contributed by atoms with Gasteiger partial charge in [0.25, 0.3) is 0 Å². The fraction of sp³-hybridized carbons (Fsp3) is 0.500. The second-order valence-corrected chi connectivity index (χ2v) is 8.94. The summed E-state index contributed by atoms with van der Waals surface area (Å²) in [5.74, 6) is 1.46. The topological polar surface area (TPSA) is 0 Å². The molecule has 1 heteroatoms. The Labute approximate surface area is 133 Å². The van der Waals surface area contributed by atoms with Crippen LogP contribution in [0.1, 0.15) is 53.5 Å². The molecular formula is C20H30Si. The third kappa shape index (κ3) is 3.57. The molecule has 0 N–H and O–H groups in total. The van der Waals surface area contributed by atoms with Crippen LogP contribution >= 0.6 is 0 Å². The van der Waals surface area contributed by atoms with Crippen LogP contribution in [0.5, 0.6) is 0 Å². The first-order valence-corrected chi connectivity index (χ1v) is 9.77. The largest absolute Gasteiger partial charge is 0.0839 e. The Morgan fingerprint density at radius 3 is 2.29 bits per heavy atom. The highest BCUT2D eigenvalue weighted by Crippen LogP contribution is 2.35. The fourth-order valence-electron chi connectivity index (χ4n) is 3.36. The van der Waals surface area contributed by atoms with Gasteiger partial charge in [0.1, 0.15) is 0 Å². The number of benzene rings is 1. The normalized spacial score (nSPS) is 19.7. The van der Waals surface area contributed by atoms with Crippen molar-refractivity contribution in [2.24, 2.45) is 11.8 Å². The summed E-state index contributed by atoms with van der Waals surface area (Å²) in [6.07, 6.45) is 2.54. The van der Waals surface area contributed by atoms with Crippen molar-refractivity contribution in [2.75, 3.05) is 0 Å². The highest BCUT2D eigenvalue weighted by Gasteiger charge is 2.24. The summed E-state index contributed by atoms with van der Waals surface area (Å²) in [4.78, 5) is 0. The van der Waals surface area contributed by atoms with Gasteiger partial charge in [-0.1, -0.05) is 66.6 Å². The molecule has 0 nitrogen and oxygen atoms in total. The molecule has 0 aromatic heterocycles. The van der Waals surface area contributed by atoms with Crippen molar-refractivity contribution in [2.45, 2.75) is 54.4 Å². The quantitative estimate of drug-likeness (QED) is 0.710. The standard InChI is InChI=1S/C20H30Si/c1-13(2)11-12-18-9-7-8-10-19(18)21-20-16(5)14(3)15(4)17(20)6/h7-10,13,16H,11-12,21H2,1-6H3. The van der Waals surface area contributed by atoms with Crippen molar-refractivity contribution in [1.29, 1.82) is 0 Å². The molecular weight excluding hydrogens is 268 g/mol. The predicted octanol–water partition coefficient (Wildman–Crippen LogP) is 4.33. The van der Waals surface area contributed by atoms with E-state index in [2.05, 4.69) is 65.8 Å². The molecule has 1 aromatic carbocycles. The Morgan fingerprint density at radius 2 is 1.71 bits per heavy atom. The van der Waals surface area contributed by atoms with Crippen LogP contribution in [-0.4, -0.2) is 9.52 Å². The molecule has 21 heavy (non-hydrogen) atoms. The molecule has 0 heterocycles. The van der Waals surface area contributed by atoms with E-state index in [1.807, 2.05) is 0 Å². The lowest BCUT2D eigenvalue weighted by Gasteiger charge is -2.16. The van der Waals surface area contributed by atoms with Crippen LogP contribution in [0.25, 0.3) is 0 Å². The molecule has 1 aliphatic rings. The Hall–Kier alpha value is -1.08. The molecule has 114 valence electrons. The van der Waals surface area contributed by atoms with Crippen molar-refractivity contribution >= 4 is 14.7 Å². The van der Waals surface area contributed by atoms with Crippen LogP contribution in [0, 0.1) is 11.8 Å². The van der Waals surface area contributed by atoms with Gasteiger partial charge in [-0.05, 0) is 56.6 Å². The zero-order valence-corrected chi connectivity index (χ0v) is 16.0. The zero-order chi connectivity index (χ0) is 15.6. The van der Waals surface area contributed by atoms with Crippen LogP contribution in [0.3, 0.4) is 0 Å². The number of rotatable bonds is 5. The Kier molecular flexibility index (Phi) is 5.26. The molecule has 1 atom stereocenters. The molecule has 0 saturated heterocycles. The van der Waals surface area contributed by atoms with E-state index in [1.165, 1.54) is 12.8 Å². The molecule has 0 bridgehead atoms. The van der Waals surface area contributed by atoms with Gasteiger partial charge in [-0.25, -0.2) is 0 Å². The van der Waals surface area contributed by atoms with Gasteiger partial charge in [-0.2, -0.15) is 0 Å². The predicted molar refractivity (Wildman–Crippen MR) is 98.0 cm³/mol. The summed E-state index contributed by atoms with van der Waals surface area (Å²) < 4.78 is 0. The number of aryl methyl sites for hydroxylation is 1. The molecule has 0 amide bonds. The van der Waals surface area contributed by atoms with Crippen LogP contribution in [0.2, 0.25) is 0 Å². The second kappa shape index (κ2) is 6.78. The monoisotopic (exact) mass is 298 g/mol. The first kappa shape index (κ1) is 16.3. The molecule has 1 aliphatic carbocycles. The van der Waals surface area contributed by atoms with Crippen molar-refractivity contribution in [1.82, 2.24) is 0 Å². The van der Waals surface area contributed by atoms with Crippen LogP contribution in [0.4, 0.5) is 0 Å². The van der Waals surface area contributed by atoms with E-state index in [0.717, 1.165) is 5.92 Å². The van der Waals surface area contributed by atoms with Gasteiger partial charge < -0.3 is 0 Å². The SMILES string of the molecule is CC1=C(C)C(C)C([SiH2]c2ccccc2CCC(C)C)=C1C. The van der Waals surface area contributed by atoms with E-state index in [-0.39, 0.29) is 9.52 Å². The molecule has 0 fully saturated rings. The maximum Gasteiger partial charge on any atom is 0.0839 e. The smallest absolute Gasteiger partial charge is 0.0728 e. The maximum absolute atomic E-state index is 2.40. The lowest BCUT2D eigenvalue weighted by molar-refractivity contribution is 0.587. The van der Waals surface area contributed by atoms with Crippen molar-refractivity contribution < 1.29 is 0 Å². The first-order chi connectivity index (χ1) is 9.91. The van der Waals surface area contributed by atoms with E-state index in [9.17, 15) is 0 Å². The van der Waals surface area contributed by atoms with Crippen LogP contribution in [-0.2, 0) is 6.42 Å². The minimum absolute atomic E-state index is 0.329. The van der Waals surface area contributed by atoms with Gasteiger partial charge in [-0.3, -0.25) is 0 Å². The number of allylic oxidation sites excluding steroid dienone is 4. The van der Waals surface area contributed by atoms with Crippen LogP contribution < -0.4 is 5.19 Å². The summed E-state index contributed by atoms with van der Waals surface area (Å²) in [6, 6.07) is 9.18. The van der Waals surface area contributed by atoms with Crippen molar-refractivity contribution in [3.05, 3.63) is 51.7 Å². The summed E-state index contributed by atoms with van der Waals surface area (Å²) in [6.45, 7) is 14.0. The van der Waals surface area contributed by atoms with Crippen LogP contribution in [0.15, 0.2) is 46.2 Å².